The average molecular weight is 313 g/mol. The summed E-state index contributed by atoms with van der Waals surface area (Å²) < 4.78 is 3.91. The molecule has 3 N–H and O–H groups in total. The zero-order chi connectivity index (χ0) is 16.2. The molecule has 0 aliphatic heterocycles. The molecule has 0 saturated heterocycles. The summed E-state index contributed by atoms with van der Waals surface area (Å²) in [6, 6.07) is 0. The maximum absolute atomic E-state index is 12.7. The van der Waals surface area contributed by atoms with Crippen molar-refractivity contribution in [1.29, 1.82) is 0 Å². The Morgan fingerprint density at radius 3 is 2.62 bits per heavy atom. The minimum Gasteiger partial charge on any atom is -0.409 e. The molecular weight excluding hydrogens is 290 g/mol. The lowest BCUT2D eigenvalue weighted by molar-refractivity contribution is 0.0756. The molecule has 0 fully saturated rings. The molecule has 1 aromatic heterocycles. The molecule has 0 aliphatic carbocycles. The number of hydrogen-bond acceptors (Lipinski definition) is 6. The van der Waals surface area contributed by atoms with Crippen molar-refractivity contribution in [3.8, 4) is 0 Å². The van der Waals surface area contributed by atoms with E-state index in [1.165, 1.54) is 0 Å². The summed E-state index contributed by atoms with van der Waals surface area (Å²) in [5, 5.41) is 15.8. The van der Waals surface area contributed by atoms with Crippen LogP contribution < -0.4 is 5.73 Å². The predicted octanol–water partition coefficient (Wildman–Crippen LogP) is 1.68. The van der Waals surface area contributed by atoms with Gasteiger partial charge in [0.05, 0.1) is 5.69 Å². The number of carbonyl (C=O) groups is 1. The highest BCUT2D eigenvalue weighted by molar-refractivity contribution is 7.08. The van der Waals surface area contributed by atoms with E-state index in [0.717, 1.165) is 11.5 Å². The van der Waals surface area contributed by atoms with Crippen molar-refractivity contribution in [3.05, 3.63) is 10.6 Å². The van der Waals surface area contributed by atoms with Gasteiger partial charge in [0.15, 0.2) is 0 Å². The van der Waals surface area contributed by atoms with Crippen LogP contribution in [0, 0.1) is 5.92 Å². The van der Waals surface area contributed by atoms with Crippen molar-refractivity contribution in [2.45, 2.75) is 40.0 Å². The molecule has 1 amide bonds. The zero-order valence-corrected chi connectivity index (χ0v) is 13.9. The molecule has 0 aliphatic rings. The Bertz CT molecular complexity index is 521. The molecule has 0 radical (unpaired) electrons. The van der Waals surface area contributed by atoms with Gasteiger partial charge in [-0.15, -0.1) is 5.10 Å². The zero-order valence-electron chi connectivity index (χ0n) is 13.1. The normalized spacial score (nSPS) is 14.0. The molecule has 0 saturated carbocycles. The Morgan fingerprint density at radius 1 is 1.52 bits per heavy atom. The maximum atomic E-state index is 12.7. The van der Waals surface area contributed by atoms with E-state index in [2.05, 4.69) is 14.7 Å². The Balaban J connectivity index is 2.98. The van der Waals surface area contributed by atoms with Crippen LogP contribution in [0.5, 0.6) is 0 Å². The highest BCUT2D eigenvalue weighted by Crippen LogP contribution is 2.27. The molecule has 1 rings (SSSR count). The number of nitrogens with two attached hydrogens (primary N) is 1. The fourth-order valence-electron chi connectivity index (χ4n) is 1.84. The van der Waals surface area contributed by atoms with Crippen LogP contribution in [0.25, 0.3) is 0 Å². The Labute approximate surface area is 129 Å². The summed E-state index contributed by atoms with van der Waals surface area (Å²) in [5.41, 5.74) is 6.04. The second kappa shape index (κ2) is 6.84. The number of nitrogens with zero attached hydrogens (tertiary/aromatic N) is 4. The third-order valence-electron chi connectivity index (χ3n) is 3.18. The van der Waals surface area contributed by atoms with Gasteiger partial charge in [-0.1, -0.05) is 37.3 Å². The molecule has 21 heavy (non-hydrogen) atoms. The van der Waals surface area contributed by atoms with Gasteiger partial charge in [-0.2, -0.15) is 0 Å². The number of aromatic nitrogens is 2. The summed E-state index contributed by atoms with van der Waals surface area (Å²) in [4.78, 5) is 14.9. The molecule has 0 aromatic carbocycles. The van der Waals surface area contributed by atoms with Gasteiger partial charge in [-0.05, 0) is 18.5 Å². The van der Waals surface area contributed by atoms with Crippen molar-refractivity contribution in [2.24, 2.45) is 16.8 Å². The fourth-order valence-corrected chi connectivity index (χ4v) is 2.69. The molecular formula is C13H23N5O2S. The van der Waals surface area contributed by atoms with Gasteiger partial charge < -0.3 is 15.8 Å². The summed E-state index contributed by atoms with van der Waals surface area (Å²) in [6.07, 6.45) is 0. The largest absolute Gasteiger partial charge is 0.409 e. The quantitative estimate of drug-likeness (QED) is 0.372. The second-order valence-corrected chi connectivity index (χ2v) is 6.72. The van der Waals surface area contributed by atoms with Crippen LogP contribution >= 0.6 is 11.5 Å². The van der Waals surface area contributed by atoms with Gasteiger partial charge >= 0.3 is 0 Å². The molecule has 0 bridgehead atoms. The highest BCUT2D eigenvalue weighted by atomic mass is 32.1. The minimum atomic E-state index is -0.241. The van der Waals surface area contributed by atoms with Crippen LogP contribution in [0.4, 0.5) is 0 Å². The van der Waals surface area contributed by atoms with E-state index >= 15 is 0 Å². The van der Waals surface area contributed by atoms with E-state index in [1.807, 2.05) is 27.7 Å². The second-order valence-electron chi connectivity index (χ2n) is 5.97. The third-order valence-corrected chi connectivity index (χ3v) is 3.89. The fraction of sp³-hybridized carbons (Fsp3) is 0.692. The highest BCUT2D eigenvalue weighted by Gasteiger charge is 2.29. The van der Waals surface area contributed by atoms with Crippen molar-refractivity contribution >= 4 is 23.3 Å². The van der Waals surface area contributed by atoms with Crippen LogP contribution in [-0.4, -0.2) is 44.5 Å². The Morgan fingerprint density at radius 2 is 2.14 bits per heavy atom. The van der Waals surface area contributed by atoms with Crippen LogP contribution in [0.2, 0.25) is 0 Å². The number of amides is 1. The van der Waals surface area contributed by atoms with Gasteiger partial charge in [0.2, 0.25) is 0 Å². The van der Waals surface area contributed by atoms with Crippen LogP contribution in [0.3, 0.4) is 0 Å². The first-order valence-electron chi connectivity index (χ1n) is 6.81. The van der Waals surface area contributed by atoms with Crippen molar-refractivity contribution in [1.82, 2.24) is 14.5 Å². The molecule has 1 unspecified atom stereocenters. The van der Waals surface area contributed by atoms with E-state index in [4.69, 9.17) is 10.9 Å². The maximum Gasteiger partial charge on any atom is 0.267 e. The van der Waals surface area contributed by atoms with Crippen molar-refractivity contribution in [2.75, 3.05) is 13.1 Å². The van der Waals surface area contributed by atoms with Gasteiger partial charge in [-0.25, -0.2) is 0 Å². The lowest BCUT2D eigenvalue weighted by Gasteiger charge is -2.25. The van der Waals surface area contributed by atoms with Gasteiger partial charge in [0, 0.05) is 24.4 Å². The molecule has 1 heterocycles. The van der Waals surface area contributed by atoms with E-state index in [-0.39, 0.29) is 23.1 Å². The average Bonchev–Trinajstić information content (AvgIpc) is 2.92. The first-order valence-corrected chi connectivity index (χ1v) is 7.59. The summed E-state index contributed by atoms with van der Waals surface area (Å²) in [7, 11) is 0. The molecule has 1 atom stereocenters. The molecule has 0 spiro atoms. The first-order chi connectivity index (χ1) is 9.72. The molecule has 1 aromatic rings. The van der Waals surface area contributed by atoms with E-state index < -0.39 is 0 Å². The lowest BCUT2D eigenvalue weighted by Crippen LogP contribution is -2.39. The van der Waals surface area contributed by atoms with Crippen molar-refractivity contribution < 1.29 is 10.0 Å². The van der Waals surface area contributed by atoms with Crippen LogP contribution in [-0.2, 0) is 5.41 Å². The monoisotopic (exact) mass is 313 g/mol. The van der Waals surface area contributed by atoms with Gasteiger partial charge in [0.1, 0.15) is 10.7 Å². The number of rotatable bonds is 5. The number of amidine groups is 1. The SMILES string of the molecule is CCN(CC(C)C(N)=NO)C(=O)c1snnc1C(C)(C)C. The van der Waals surface area contributed by atoms with Crippen LogP contribution in [0.15, 0.2) is 5.16 Å². The van der Waals surface area contributed by atoms with E-state index in [9.17, 15) is 4.79 Å². The molecule has 7 nitrogen and oxygen atoms in total. The third kappa shape index (κ3) is 4.13. The minimum absolute atomic E-state index is 0.111. The summed E-state index contributed by atoms with van der Waals surface area (Å²) >= 11 is 1.11. The Kier molecular flexibility index (Phi) is 5.65. The van der Waals surface area contributed by atoms with Crippen LogP contribution in [0.1, 0.15) is 50.0 Å². The van der Waals surface area contributed by atoms with Gasteiger partial charge in [-0.3, -0.25) is 4.79 Å². The number of hydrogen-bond donors (Lipinski definition) is 2. The van der Waals surface area contributed by atoms with E-state index in [1.54, 1.807) is 11.8 Å². The summed E-state index contributed by atoms with van der Waals surface area (Å²) in [6.45, 7) is 10.6. The summed E-state index contributed by atoms with van der Waals surface area (Å²) in [5.74, 6) is -0.229. The number of carbonyl (C=O) groups excluding carboxylic acids is 1. The number of oxime groups is 1. The molecule has 118 valence electrons. The van der Waals surface area contributed by atoms with E-state index in [0.29, 0.717) is 23.7 Å². The smallest absolute Gasteiger partial charge is 0.267 e. The van der Waals surface area contributed by atoms with Crippen molar-refractivity contribution in [3.63, 3.8) is 0 Å². The topological polar surface area (TPSA) is 105 Å². The predicted molar refractivity (Wildman–Crippen MR) is 82.8 cm³/mol. The Hall–Kier alpha value is -1.70. The lowest BCUT2D eigenvalue weighted by atomic mass is 9.91. The molecule has 8 heteroatoms. The van der Waals surface area contributed by atoms with Gasteiger partial charge in [0.25, 0.3) is 5.91 Å². The standard InChI is InChI=1S/C13H23N5O2S/c1-6-18(7-8(2)11(14)16-20)12(19)9-10(13(3,4)5)15-17-21-9/h8,20H,6-7H2,1-5H3,(H2,14,16). The first kappa shape index (κ1) is 17.4.